The summed E-state index contributed by atoms with van der Waals surface area (Å²) in [6.45, 7) is 3.74. The Kier molecular flexibility index (Phi) is 3.43. The van der Waals surface area contributed by atoms with Gasteiger partial charge >= 0.3 is 0 Å². The zero-order valence-electron chi connectivity index (χ0n) is 8.89. The van der Waals surface area contributed by atoms with Gasteiger partial charge in [0.2, 0.25) is 0 Å². The minimum absolute atomic E-state index is 0.457. The number of anilines is 1. The molecule has 1 aromatic heterocycles. The third-order valence-electron chi connectivity index (χ3n) is 2.56. The van der Waals surface area contributed by atoms with Gasteiger partial charge in [-0.15, -0.1) is 0 Å². The predicted molar refractivity (Wildman–Crippen MR) is 64.1 cm³/mol. The van der Waals surface area contributed by atoms with Gasteiger partial charge in [0.05, 0.1) is 18.1 Å². The van der Waals surface area contributed by atoms with Gasteiger partial charge in [-0.05, 0) is 6.92 Å². The third-order valence-corrected chi connectivity index (χ3v) is 3.75. The van der Waals surface area contributed by atoms with Crippen molar-refractivity contribution in [3.63, 3.8) is 0 Å². The summed E-state index contributed by atoms with van der Waals surface area (Å²) in [5, 5.41) is 0. The van der Waals surface area contributed by atoms with Crippen molar-refractivity contribution in [3.05, 3.63) is 18.1 Å². The first-order valence-corrected chi connectivity index (χ1v) is 6.32. The molecule has 1 aliphatic rings. The lowest BCUT2D eigenvalue weighted by Gasteiger charge is -2.33. The molecular weight excluding hydrogens is 208 g/mol. The summed E-state index contributed by atoms with van der Waals surface area (Å²) < 4.78 is 0. The van der Waals surface area contributed by atoms with Crippen molar-refractivity contribution in [3.8, 4) is 0 Å². The molecule has 1 aromatic rings. The fraction of sp³-hybridized carbons (Fsp3) is 0.600. The minimum Gasteiger partial charge on any atom is -0.351 e. The van der Waals surface area contributed by atoms with Crippen LogP contribution in [0.4, 0.5) is 5.82 Å². The SMILES string of the molecule is CC1CSCCN1c1cnc(CN)cn1. The standard InChI is InChI=1S/C10H16N4S/c1-8-7-15-3-2-14(8)10-6-12-9(4-11)5-13-10/h5-6,8H,2-4,7,11H2,1H3. The van der Waals surface area contributed by atoms with E-state index in [9.17, 15) is 0 Å². The summed E-state index contributed by atoms with van der Waals surface area (Å²) in [6, 6.07) is 0.543. The Labute approximate surface area is 94.3 Å². The maximum absolute atomic E-state index is 5.49. The molecule has 2 rings (SSSR count). The van der Waals surface area contributed by atoms with Crippen LogP contribution < -0.4 is 10.6 Å². The van der Waals surface area contributed by atoms with Crippen LogP contribution in [0.15, 0.2) is 12.4 Å². The summed E-state index contributed by atoms with van der Waals surface area (Å²) in [6.07, 6.45) is 3.60. The average molecular weight is 224 g/mol. The van der Waals surface area contributed by atoms with E-state index in [0.717, 1.165) is 18.1 Å². The molecule has 2 N–H and O–H groups in total. The van der Waals surface area contributed by atoms with Gasteiger partial charge in [0.1, 0.15) is 5.82 Å². The fourth-order valence-corrected chi connectivity index (χ4v) is 2.68. The van der Waals surface area contributed by atoms with Crippen LogP contribution >= 0.6 is 11.8 Å². The summed E-state index contributed by atoms with van der Waals surface area (Å²) in [4.78, 5) is 11.0. The summed E-state index contributed by atoms with van der Waals surface area (Å²) in [5.74, 6) is 3.31. The number of rotatable bonds is 2. The van der Waals surface area contributed by atoms with Crippen LogP contribution in [0.25, 0.3) is 0 Å². The lowest BCUT2D eigenvalue weighted by Crippen LogP contribution is -2.41. The van der Waals surface area contributed by atoms with Crippen LogP contribution in [0, 0.1) is 0 Å². The molecule has 0 amide bonds. The molecule has 4 nitrogen and oxygen atoms in total. The highest BCUT2D eigenvalue weighted by molar-refractivity contribution is 7.99. The van der Waals surface area contributed by atoms with Gasteiger partial charge < -0.3 is 10.6 Å². The Balaban J connectivity index is 2.13. The topological polar surface area (TPSA) is 55.0 Å². The molecule has 1 fully saturated rings. The summed E-state index contributed by atoms with van der Waals surface area (Å²) in [7, 11) is 0. The van der Waals surface area contributed by atoms with Crippen molar-refractivity contribution in [2.45, 2.75) is 19.5 Å². The van der Waals surface area contributed by atoms with E-state index >= 15 is 0 Å². The van der Waals surface area contributed by atoms with E-state index in [1.165, 1.54) is 11.5 Å². The number of hydrogen-bond donors (Lipinski definition) is 1. The van der Waals surface area contributed by atoms with Gasteiger partial charge in [-0.1, -0.05) is 0 Å². The van der Waals surface area contributed by atoms with Crippen molar-refractivity contribution in [1.29, 1.82) is 0 Å². The molecule has 0 aliphatic carbocycles. The minimum atomic E-state index is 0.457. The van der Waals surface area contributed by atoms with Crippen LogP contribution in [-0.2, 0) is 6.54 Å². The van der Waals surface area contributed by atoms with E-state index in [1.54, 1.807) is 6.20 Å². The number of aromatic nitrogens is 2. The van der Waals surface area contributed by atoms with Gasteiger partial charge in [0, 0.05) is 30.6 Å². The van der Waals surface area contributed by atoms with E-state index in [2.05, 4.69) is 21.8 Å². The first-order chi connectivity index (χ1) is 7.31. The molecule has 15 heavy (non-hydrogen) atoms. The Hall–Kier alpha value is -0.810. The van der Waals surface area contributed by atoms with Crippen molar-refractivity contribution < 1.29 is 0 Å². The van der Waals surface area contributed by atoms with Crippen LogP contribution in [0.2, 0.25) is 0 Å². The van der Waals surface area contributed by atoms with E-state index < -0.39 is 0 Å². The Morgan fingerprint density at radius 1 is 1.53 bits per heavy atom. The second kappa shape index (κ2) is 4.81. The highest BCUT2D eigenvalue weighted by Gasteiger charge is 2.19. The largest absolute Gasteiger partial charge is 0.351 e. The highest BCUT2D eigenvalue weighted by Crippen LogP contribution is 2.21. The summed E-state index contributed by atoms with van der Waals surface area (Å²) in [5.41, 5.74) is 6.33. The number of thioether (sulfide) groups is 1. The molecule has 0 spiro atoms. The third kappa shape index (κ3) is 2.41. The van der Waals surface area contributed by atoms with Crippen LogP contribution in [0.3, 0.4) is 0 Å². The fourth-order valence-electron chi connectivity index (χ4n) is 1.67. The van der Waals surface area contributed by atoms with E-state index in [-0.39, 0.29) is 0 Å². The van der Waals surface area contributed by atoms with Gasteiger partial charge in [-0.2, -0.15) is 11.8 Å². The first-order valence-electron chi connectivity index (χ1n) is 5.16. The zero-order chi connectivity index (χ0) is 10.7. The van der Waals surface area contributed by atoms with Crippen molar-refractivity contribution in [1.82, 2.24) is 9.97 Å². The average Bonchev–Trinajstić information content (AvgIpc) is 2.30. The molecule has 5 heteroatoms. The molecule has 1 atom stereocenters. The number of nitrogens with two attached hydrogens (primary N) is 1. The predicted octanol–water partition coefficient (Wildman–Crippen LogP) is 0.877. The number of hydrogen-bond acceptors (Lipinski definition) is 5. The molecule has 0 saturated carbocycles. The lowest BCUT2D eigenvalue weighted by atomic mass is 10.3. The smallest absolute Gasteiger partial charge is 0.147 e. The lowest BCUT2D eigenvalue weighted by molar-refractivity contribution is 0.686. The Morgan fingerprint density at radius 3 is 3.00 bits per heavy atom. The molecule has 2 heterocycles. The molecule has 0 bridgehead atoms. The summed E-state index contributed by atoms with van der Waals surface area (Å²) >= 11 is 2.00. The number of nitrogens with zero attached hydrogens (tertiary/aromatic N) is 3. The van der Waals surface area contributed by atoms with Crippen molar-refractivity contribution in [2.75, 3.05) is 23.0 Å². The van der Waals surface area contributed by atoms with E-state index in [1.807, 2.05) is 18.0 Å². The second-order valence-electron chi connectivity index (χ2n) is 3.69. The van der Waals surface area contributed by atoms with Gasteiger partial charge in [-0.3, -0.25) is 4.98 Å². The van der Waals surface area contributed by atoms with Crippen LogP contribution in [-0.4, -0.2) is 34.1 Å². The van der Waals surface area contributed by atoms with Gasteiger partial charge in [0.15, 0.2) is 0 Å². The van der Waals surface area contributed by atoms with Crippen LogP contribution in [0.1, 0.15) is 12.6 Å². The highest BCUT2D eigenvalue weighted by atomic mass is 32.2. The molecule has 82 valence electrons. The molecule has 0 aromatic carbocycles. The monoisotopic (exact) mass is 224 g/mol. The van der Waals surface area contributed by atoms with Crippen LogP contribution in [0.5, 0.6) is 0 Å². The Bertz CT molecular complexity index is 314. The van der Waals surface area contributed by atoms with Gasteiger partial charge in [0.25, 0.3) is 0 Å². The Morgan fingerprint density at radius 2 is 2.40 bits per heavy atom. The molecule has 0 radical (unpaired) electrons. The molecule has 1 saturated heterocycles. The zero-order valence-corrected chi connectivity index (χ0v) is 9.70. The molecular formula is C10H16N4S. The normalized spacial score (nSPS) is 21.7. The molecule has 1 unspecified atom stereocenters. The first kappa shape index (κ1) is 10.7. The van der Waals surface area contributed by atoms with Gasteiger partial charge in [-0.25, -0.2) is 4.98 Å². The van der Waals surface area contributed by atoms with Crippen molar-refractivity contribution >= 4 is 17.6 Å². The maximum Gasteiger partial charge on any atom is 0.147 e. The van der Waals surface area contributed by atoms with E-state index in [4.69, 9.17) is 5.73 Å². The maximum atomic E-state index is 5.49. The van der Waals surface area contributed by atoms with Crippen molar-refractivity contribution in [2.24, 2.45) is 5.73 Å². The molecule has 1 aliphatic heterocycles. The second-order valence-corrected chi connectivity index (χ2v) is 4.84. The quantitative estimate of drug-likeness (QED) is 0.808. The van der Waals surface area contributed by atoms with E-state index in [0.29, 0.717) is 12.6 Å².